The zero-order valence-electron chi connectivity index (χ0n) is 4.96. The maximum atomic E-state index is 3.95. The molecule has 0 heterocycles. The topological polar surface area (TPSA) is 24.7 Å². The number of nitrogens with zero attached hydrogens (tertiary/aromatic N) is 2. The molecule has 0 amide bonds. The Bertz CT molecular complexity index is 126. The molecule has 0 spiro atoms. The fraction of sp³-hybridized carbons (Fsp3) is 0.400. The standard InChI is InChI=1S/C5H8N2.W/c1-4-7-5(2)6-3;/h3-4H,1-2H3;. The van der Waals surface area contributed by atoms with Crippen LogP contribution in [0.2, 0.25) is 0 Å². The van der Waals surface area contributed by atoms with Crippen LogP contribution in [0.15, 0.2) is 9.98 Å². The van der Waals surface area contributed by atoms with E-state index in [0.717, 1.165) is 5.84 Å². The third kappa shape index (κ3) is 4.07. The van der Waals surface area contributed by atoms with Crippen molar-refractivity contribution in [3.05, 3.63) is 0 Å². The molecule has 0 aromatic heterocycles. The molecule has 0 aliphatic rings. The van der Waals surface area contributed by atoms with Crippen LogP contribution < -0.4 is 0 Å². The van der Waals surface area contributed by atoms with Gasteiger partial charge in [-0.15, -0.1) is 0 Å². The van der Waals surface area contributed by atoms with Crippen molar-refractivity contribution in [1.29, 1.82) is 0 Å². The Morgan fingerprint density at radius 3 is 2.62 bits per heavy atom. The van der Waals surface area contributed by atoms with E-state index in [9.17, 15) is 0 Å². The summed E-state index contributed by atoms with van der Waals surface area (Å²) in [6.45, 7) is 3.75. The van der Waals surface area contributed by atoms with E-state index < -0.39 is 0 Å². The summed E-state index contributed by atoms with van der Waals surface area (Å²) in [6.07, 6.45) is 1.73. The van der Waals surface area contributed by atoms with Crippen molar-refractivity contribution in [2.45, 2.75) is 13.8 Å². The second kappa shape index (κ2) is 5.04. The van der Waals surface area contributed by atoms with Crippen LogP contribution in [0, 0.1) is 0 Å². The van der Waals surface area contributed by atoms with Crippen LogP contribution in [0.25, 0.3) is 0 Å². The molecule has 0 fully saturated rings. The SMILES string of the molecule is CC=NC(C)=N[CH]=[W]. The second-order valence-electron chi connectivity index (χ2n) is 1.17. The van der Waals surface area contributed by atoms with Gasteiger partial charge in [0.25, 0.3) is 0 Å². The van der Waals surface area contributed by atoms with E-state index in [4.69, 9.17) is 0 Å². The summed E-state index contributed by atoms with van der Waals surface area (Å²) in [6, 6.07) is 0. The van der Waals surface area contributed by atoms with Gasteiger partial charge in [0.05, 0.1) is 0 Å². The number of hydrogen-bond donors (Lipinski definition) is 0. The normalized spacial score (nSPS) is 12.5. The van der Waals surface area contributed by atoms with Gasteiger partial charge in [-0.1, -0.05) is 0 Å². The molecular formula is C5H8N2W. The number of hydrogen-bond acceptors (Lipinski definition) is 1. The van der Waals surface area contributed by atoms with Crippen molar-refractivity contribution >= 4 is 16.6 Å². The van der Waals surface area contributed by atoms with Gasteiger partial charge >= 0.3 is 59.8 Å². The van der Waals surface area contributed by atoms with E-state index in [1.54, 1.807) is 6.21 Å². The third-order valence-corrected chi connectivity index (χ3v) is 0.934. The first-order valence-electron chi connectivity index (χ1n) is 2.28. The molecule has 0 saturated carbocycles. The number of amidine groups is 1. The average Bonchev–Trinajstić information content (AvgIpc) is 1.68. The van der Waals surface area contributed by atoms with Gasteiger partial charge < -0.3 is 0 Å². The van der Waals surface area contributed by atoms with Gasteiger partial charge in [-0.25, -0.2) is 0 Å². The fourth-order valence-electron chi connectivity index (χ4n) is 0.296. The molecule has 0 N–H and O–H groups in total. The van der Waals surface area contributed by atoms with Crippen LogP contribution >= 0.6 is 0 Å². The first kappa shape index (κ1) is 7.90. The van der Waals surface area contributed by atoms with Gasteiger partial charge in [-0.05, 0) is 0 Å². The van der Waals surface area contributed by atoms with Crippen LogP contribution in [0.4, 0.5) is 0 Å². The van der Waals surface area contributed by atoms with Crippen LogP contribution in [0.1, 0.15) is 13.8 Å². The van der Waals surface area contributed by atoms with Gasteiger partial charge in [-0.2, -0.15) is 0 Å². The van der Waals surface area contributed by atoms with Crippen LogP contribution in [-0.4, -0.2) is 16.6 Å². The summed E-state index contributed by atoms with van der Waals surface area (Å²) in [5.41, 5.74) is 0. The van der Waals surface area contributed by atoms with Gasteiger partial charge in [0.15, 0.2) is 0 Å². The zero-order chi connectivity index (χ0) is 6.41. The quantitative estimate of drug-likeness (QED) is 0.501. The number of rotatable bonds is 1. The van der Waals surface area contributed by atoms with Crippen molar-refractivity contribution < 1.29 is 19.4 Å². The molecule has 0 bridgehead atoms. The maximum absolute atomic E-state index is 3.95. The molecule has 0 atom stereocenters. The summed E-state index contributed by atoms with van der Waals surface area (Å²) < 4.78 is 1.81. The van der Waals surface area contributed by atoms with Crippen LogP contribution in [0.5, 0.6) is 0 Å². The molecule has 0 aromatic carbocycles. The molecule has 0 unspecified atom stereocenters. The Labute approximate surface area is 60.1 Å². The van der Waals surface area contributed by atoms with E-state index in [0.29, 0.717) is 0 Å². The Morgan fingerprint density at radius 1 is 1.62 bits per heavy atom. The summed E-state index contributed by atoms with van der Waals surface area (Å²) in [7, 11) is 0. The van der Waals surface area contributed by atoms with Crippen LogP contribution in [0.3, 0.4) is 0 Å². The van der Waals surface area contributed by atoms with Gasteiger partial charge in [0.2, 0.25) is 0 Å². The summed E-state index contributed by atoms with van der Waals surface area (Å²) in [4.78, 5) is 7.87. The second-order valence-corrected chi connectivity index (χ2v) is 1.93. The van der Waals surface area contributed by atoms with E-state index in [-0.39, 0.29) is 0 Å². The van der Waals surface area contributed by atoms with E-state index >= 15 is 0 Å². The number of aliphatic imine (C=N–C) groups is 2. The fourth-order valence-corrected chi connectivity index (χ4v) is 0.845. The van der Waals surface area contributed by atoms with Crippen molar-refractivity contribution in [3.63, 3.8) is 0 Å². The first-order valence-corrected chi connectivity index (χ1v) is 3.97. The molecule has 0 radical (unpaired) electrons. The molecule has 2 nitrogen and oxygen atoms in total. The third-order valence-electron chi connectivity index (χ3n) is 0.555. The van der Waals surface area contributed by atoms with Crippen molar-refractivity contribution in [2.24, 2.45) is 9.98 Å². The monoisotopic (exact) mass is 280 g/mol. The summed E-state index contributed by atoms with van der Waals surface area (Å²) in [5, 5.41) is 0. The predicted molar refractivity (Wildman–Crippen MR) is 33.3 cm³/mol. The van der Waals surface area contributed by atoms with Crippen molar-refractivity contribution in [2.75, 3.05) is 0 Å². The Morgan fingerprint density at radius 2 is 2.25 bits per heavy atom. The first-order chi connectivity index (χ1) is 3.81. The molecule has 0 aliphatic heterocycles. The molecule has 0 saturated heterocycles. The molecular weight excluding hydrogens is 272 g/mol. The predicted octanol–water partition coefficient (Wildman–Crippen LogP) is 0.802. The molecule has 3 heteroatoms. The Hall–Kier alpha value is -0.102. The molecule has 0 rings (SSSR count). The van der Waals surface area contributed by atoms with E-state index in [1.165, 1.54) is 19.4 Å². The molecule has 0 aliphatic carbocycles. The molecule has 44 valence electrons. The Balaban J connectivity index is 3.79. The van der Waals surface area contributed by atoms with Gasteiger partial charge in [0.1, 0.15) is 0 Å². The minimum absolute atomic E-state index is 0.822. The Kier molecular flexibility index (Phi) is 4.98. The van der Waals surface area contributed by atoms with Crippen LogP contribution in [-0.2, 0) is 19.4 Å². The van der Waals surface area contributed by atoms with Crippen molar-refractivity contribution in [1.82, 2.24) is 0 Å². The van der Waals surface area contributed by atoms with E-state index in [2.05, 4.69) is 9.98 Å². The zero-order valence-corrected chi connectivity index (χ0v) is 7.89. The average molecular weight is 280 g/mol. The van der Waals surface area contributed by atoms with Gasteiger partial charge in [0, 0.05) is 0 Å². The van der Waals surface area contributed by atoms with E-state index in [1.807, 2.05) is 18.4 Å². The van der Waals surface area contributed by atoms with Crippen molar-refractivity contribution in [3.8, 4) is 0 Å². The molecule has 8 heavy (non-hydrogen) atoms. The summed E-state index contributed by atoms with van der Waals surface area (Å²) in [5.74, 6) is 0.822. The summed E-state index contributed by atoms with van der Waals surface area (Å²) >= 11 is 1.35. The van der Waals surface area contributed by atoms with Gasteiger partial charge in [-0.3, -0.25) is 0 Å². The minimum atomic E-state index is 0.822. The molecule has 0 aromatic rings.